The topological polar surface area (TPSA) is 54.7 Å². The van der Waals surface area contributed by atoms with Crippen molar-refractivity contribution < 1.29 is 18.9 Å². The van der Waals surface area contributed by atoms with Gasteiger partial charge in [-0.3, -0.25) is 0 Å². The summed E-state index contributed by atoms with van der Waals surface area (Å²) in [7, 11) is 6.41. The van der Waals surface area contributed by atoms with Crippen molar-refractivity contribution in [3.05, 3.63) is 70.7 Å². The molecule has 170 valence electrons. The fourth-order valence-corrected chi connectivity index (χ4v) is 3.82. The minimum atomic E-state index is 0.440. The fourth-order valence-electron chi connectivity index (χ4n) is 3.53. The first-order valence-corrected chi connectivity index (χ1v) is 10.7. The van der Waals surface area contributed by atoms with E-state index in [0.29, 0.717) is 33.0 Å². The monoisotopic (exact) mass is 484 g/mol. The van der Waals surface area contributed by atoms with Crippen molar-refractivity contribution in [1.29, 1.82) is 0 Å². The van der Waals surface area contributed by atoms with E-state index in [1.807, 2.05) is 53.2 Å². The number of aromatic nitrogens is 2. The molecule has 0 amide bonds. The van der Waals surface area contributed by atoms with Crippen LogP contribution >= 0.6 is 23.2 Å². The average Bonchev–Trinajstić information content (AvgIpc) is 3.30. The maximum absolute atomic E-state index is 6.31. The molecule has 0 saturated carbocycles. The van der Waals surface area contributed by atoms with Gasteiger partial charge >= 0.3 is 0 Å². The molecule has 0 spiro atoms. The molecule has 0 atom stereocenters. The molecule has 1 heterocycles. The summed E-state index contributed by atoms with van der Waals surface area (Å²) in [6.45, 7) is 0. The molecule has 1 aromatic heterocycles. The lowest BCUT2D eigenvalue weighted by molar-refractivity contribution is 0.355. The van der Waals surface area contributed by atoms with Gasteiger partial charge in [-0.15, -0.1) is 0 Å². The Balaban J connectivity index is 1.91. The molecular formula is C25H22Cl2N2O4. The molecule has 0 fully saturated rings. The van der Waals surface area contributed by atoms with Crippen molar-refractivity contribution >= 4 is 23.2 Å². The van der Waals surface area contributed by atoms with E-state index in [1.54, 1.807) is 40.6 Å². The number of rotatable bonds is 7. The van der Waals surface area contributed by atoms with E-state index in [1.165, 1.54) is 0 Å². The van der Waals surface area contributed by atoms with Gasteiger partial charge in [0.2, 0.25) is 0 Å². The molecule has 3 aromatic carbocycles. The molecule has 0 saturated heterocycles. The highest BCUT2D eigenvalue weighted by molar-refractivity contribution is 6.42. The van der Waals surface area contributed by atoms with Crippen LogP contribution in [-0.4, -0.2) is 38.2 Å². The maximum atomic E-state index is 6.31. The van der Waals surface area contributed by atoms with E-state index in [0.717, 1.165) is 28.2 Å². The van der Waals surface area contributed by atoms with Gasteiger partial charge in [-0.25, -0.2) is 4.68 Å². The summed E-state index contributed by atoms with van der Waals surface area (Å²) in [4.78, 5) is 0. The maximum Gasteiger partial charge on any atom is 0.161 e. The second-order valence-corrected chi connectivity index (χ2v) is 7.88. The molecule has 6 nitrogen and oxygen atoms in total. The first-order chi connectivity index (χ1) is 16.0. The Hall–Kier alpha value is -3.35. The highest BCUT2D eigenvalue weighted by Crippen LogP contribution is 2.37. The van der Waals surface area contributed by atoms with Gasteiger partial charge in [0.25, 0.3) is 0 Å². The van der Waals surface area contributed by atoms with Crippen LogP contribution in [0.4, 0.5) is 0 Å². The first-order valence-electron chi connectivity index (χ1n) is 9.99. The Kier molecular flexibility index (Phi) is 6.67. The van der Waals surface area contributed by atoms with Crippen LogP contribution < -0.4 is 18.9 Å². The number of halogens is 2. The summed E-state index contributed by atoms with van der Waals surface area (Å²) in [6.07, 6.45) is 0. The molecule has 0 N–H and O–H groups in total. The van der Waals surface area contributed by atoms with Crippen molar-refractivity contribution in [2.45, 2.75) is 0 Å². The number of ether oxygens (including phenoxy) is 4. The van der Waals surface area contributed by atoms with Crippen LogP contribution in [0.1, 0.15) is 0 Å². The first kappa shape index (κ1) is 22.8. The van der Waals surface area contributed by atoms with Gasteiger partial charge in [0.1, 0.15) is 0 Å². The third-order valence-electron chi connectivity index (χ3n) is 5.22. The highest BCUT2D eigenvalue weighted by Gasteiger charge is 2.17. The molecule has 4 aromatic rings. The Labute approximate surface area is 202 Å². The summed E-state index contributed by atoms with van der Waals surface area (Å²) in [5.41, 5.74) is 4.10. The second kappa shape index (κ2) is 9.65. The summed E-state index contributed by atoms with van der Waals surface area (Å²) in [6, 6.07) is 18.8. The van der Waals surface area contributed by atoms with Crippen molar-refractivity contribution in [3.63, 3.8) is 0 Å². The standard InChI is InChI=1S/C25H22Cl2N2O4/c1-30-22-9-5-15(11-24(22)32-3)20-14-21(16-6-10-23(31-2)25(12-16)33-4)29(28-20)17-7-8-18(26)19(27)13-17/h5-14H,1-4H3. The Morgan fingerprint density at radius 3 is 1.76 bits per heavy atom. The lowest BCUT2D eigenvalue weighted by atomic mass is 10.1. The Bertz CT molecular complexity index is 1300. The van der Waals surface area contributed by atoms with Gasteiger partial charge < -0.3 is 18.9 Å². The molecule has 0 unspecified atom stereocenters. The van der Waals surface area contributed by atoms with E-state index >= 15 is 0 Å². The van der Waals surface area contributed by atoms with Crippen LogP contribution in [0, 0.1) is 0 Å². The van der Waals surface area contributed by atoms with Crippen LogP contribution in [0.25, 0.3) is 28.2 Å². The normalized spacial score (nSPS) is 10.7. The molecule has 0 aliphatic rings. The highest BCUT2D eigenvalue weighted by atomic mass is 35.5. The Morgan fingerprint density at radius 1 is 0.606 bits per heavy atom. The zero-order valence-electron chi connectivity index (χ0n) is 18.6. The van der Waals surface area contributed by atoms with Crippen molar-refractivity contribution in [1.82, 2.24) is 9.78 Å². The van der Waals surface area contributed by atoms with E-state index < -0.39 is 0 Å². The van der Waals surface area contributed by atoms with E-state index in [-0.39, 0.29) is 0 Å². The van der Waals surface area contributed by atoms with E-state index in [2.05, 4.69) is 0 Å². The minimum Gasteiger partial charge on any atom is -0.493 e. The predicted octanol–water partition coefficient (Wildman–Crippen LogP) is 6.55. The number of benzene rings is 3. The van der Waals surface area contributed by atoms with Gasteiger partial charge in [-0.2, -0.15) is 5.10 Å². The van der Waals surface area contributed by atoms with Crippen LogP contribution in [-0.2, 0) is 0 Å². The number of methoxy groups -OCH3 is 4. The number of nitrogens with zero attached hydrogens (tertiary/aromatic N) is 2. The van der Waals surface area contributed by atoms with Crippen molar-refractivity contribution in [2.24, 2.45) is 0 Å². The van der Waals surface area contributed by atoms with Crippen LogP contribution in [0.2, 0.25) is 10.0 Å². The van der Waals surface area contributed by atoms with E-state index in [4.69, 9.17) is 47.2 Å². The zero-order valence-corrected chi connectivity index (χ0v) is 20.1. The lowest BCUT2D eigenvalue weighted by Gasteiger charge is -2.12. The molecule has 0 bridgehead atoms. The quantitative estimate of drug-likeness (QED) is 0.297. The van der Waals surface area contributed by atoms with Gasteiger partial charge in [-0.05, 0) is 60.7 Å². The third kappa shape index (κ3) is 4.45. The average molecular weight is 485 g/mol. The molecule has 0 radical (unpaired) electrons. The summed E-state index contributed by atoms with van der Waals surface area (Å²) < 4.78 is 23.5. The SMILES string of the molecule is COc1ccc(-c2cc(-c3ccc(OC)c(OC)c3)n(-c3ccc(Cl)c(Cl)c3)n2)cc1OC. The summed E-state index contributed by atoms with van der Waals surface area (Å²) in [5, 5.41) is 5.79. The van der Waals surface area contributed by atoms with Crippen LogP contribution in [0.15, 0.2) is 60.7 Å². The summed E-state index contributed by atoms with van der Waals surface area (Å²) in [5.74, 6) is 2.52. The molecular weight excluding hydrogens is 463 g/mol. The Morgan fingerprint density at radius 2 is 1.18 bits per heavy atom. The minimum absolute atomic E-state index is 0.440. The lowest BCUT2D eigenvalue weighted by Crippen LogP contribution is -2.00. The number of hydrogen-bond donors (Lipinski definition) is 0. The van der Waals surface area contributed by atoms with E-state index in [9.17, 15) is 0 Å². The molecule has 8 heteroatoms. The number of hydrogen-bond acceptors (Lipinski definition) is 5. The van der Waals surface area contributed by atoms with Crippen molar-refractivity contribution in [3.8, 4) is 51.2 Å². The van der Waals surface area contributed by atoms with Crippen LogP contribution in [0.3, 0.4) is 0 Å². The van der Waals surface area contributed by atoms with Gasteiger partial charge in [0.05, 0.1) is 55.6 Å². The van der Waals surface area contributed by atoms with Gasteiger partial charge in [0.15, 0.2) is 23.0 Å². The van der Waals surface area contributed by atoms with Crippen molar-refractivity contribution in [2.75, 3.05) is 28.4 Å². The zero-order chi connectivity index (χ0) is 23.5. The van der Waals surface area contributed by atoms with Gasteiger partial charge in [0, 0.05) is 11.1 Å². The fraction of sp³-hybridized carbons (Fsp3) is 0.160. The predicted molar refractivity (Wildman–Crippen MR) is 131 cm³/mol. The summed E-state index contributed by atoms with van der Waals surface area (Å²) >= 11 is 12.4. The molecule has 33 heavy (non-hydrogen) atoms. The molecule has 4 rings (SSSR count). The second-order valence-electron chi connectivity index (χ2n) is 7.06. The molecule has 0 aliphatic heterocycles. The van der Waals surface area contributed by atoms with Crippen LogP contribution in [0.5, 0.6) is 23.0 Å². The third-order valence-corrected chi connectivity index (χ3v) is 5.95. The van der Waals surface area contributed by atoms with Gasteiger partial charge in [-0.1, -0.05) is 23.2 Å². The largest absolute Gasteiger partial charge is 0.493 e. The smallest absolute Gasteiger partial charge is 0.161 e. The molecule has 0 aliphatic carbocycles.